The molecule has 0 amide bonds. The van der Waals surface area contributed by atoms with Gasteiger partial charge in [0.1, 0.15) is 17.9 Å². The van der Waals surface area contributed by atoms with Crippen molar-refractivity contribution in [2.24, 2.45) is 4.99 Å². The number of phenols is 1. The van der Waals surface area contributed by atoms with Crippen LogP contribution in [0.2, 0.25) is 0 Å². The van der Waals surface area contributed by atoms with E-state index in [4.69, 9.17) is 4.74 Å². The number of para-hydroxylation sites is 1. The van der Waals surface area contributed by atoms with Gasteiger partial charge < -0.3 is 14.6 Å². The SMILES string of the molecule is C1=NCCO1.CC(C)OC(=O)c1ccccc1O. The lowest BCUT2D eigenvalue weighted by molar-refractivity contribution is 0.0374. The maximum atomic E-state index is 11.3. The Kier molecular flexibility index (Phi) is 5.70. The summed E-state index contributed by atoms with van der Waals surface area (Å²) in [5.41, 5.74) is 0.205. The summed E-state index contributed by atoms with van der Waals surface area (Å²) < 4.78 is 9.57. The first kappa shape index (κ1) is 14.0. The minimum Gasteiger partial charge on any atom is -0.507 e. The molecule has 0 spiro atoms. The second-order valence-corrected chi connectivity index (χ2v) is 3.85. The molecule has 0 aromatic heterocycles. The maximum Gasteiger partial charge on any atom is 0.342 e. The first-order valence-corrected chi connectivity index (χ1v) is 5.70. The quantitative estimate of drug-likeness (QED) is 0.816. The van der Waals surface area contributed by atoms with E-state index in [9.17, 15) is 9.90 Å². The van der Waals surface area contributed by atoms with E-state index in [-0.39, 0.29) is 17.4 Å². The minimum atomic E-state index is -0.492. The van der Waals surface area contributed by atoms with Gasteiger partial charge in [-0.25, -0.2) is 4.79 Å². The van der Waals surface area contributed by atoms with Gasteiger partial charge in [0.2, 0.25) is 0 Å². The fourth-order valence-electron chi connectivity index (χ4n) is 1.19. The van der Waals surface area contributed by atoms with Crippen molar-refractivity contribution in [3.63, 3.8) is 0 Å². The summed E-state index contributed by atoms with van der Waals surface area (Å²) in [6, 6.07) is 6.31. The van der Waals surface area contributed by atoms with Crippen molar-refractivity contribution in [3.8, 4) is 5.75 Å². The van der Waals surface area contributed by atoms with Crippen LogP contribution >= 0.6 is 0 Å². The zero-order chi connectivity index (χ0) is 13.4. The van der Waals surface area contributed by atoms with Crippen molar-refractivity contribution in [2.45, 2.75) is 20.0 Å². The van der Waals surface area contributed by atoms with Crippen LogP contribution in [0, 0.1) is 0 Å². The summed E-state index contributed by atoms with van der Waals surface area (Å²) >= 11 is 0. The van der Waals surface area contributed by atoms with Crippen molar-refractivity contribution in [2.75, 3.05) is 13.2 Å². The van der Waals surface area contributed by atoms with Gasteiger partial charge in [0.15, 0.2) is 6.40 Å². The molecule has 0 bridgehead atoms. The monoisotopic (exact) mass is 251 g/mol. The van der Waals surface area contributed by atoms with Crippen molar-refractivity contribution >= 4 is 12.4 Å². The molecule has 1 aliphatic heterocycles. The van der Waals surface area contributed by atoms with Crippen LogP contribution < -0.4 is 0 Å². The van der Waals surface area contributed by atoms with Gasteiger partial charge in [0.25, 0.3) is 0 Å². The number of hydrogen-bond donors (Lipinski definition) is 1. The third-order valence-electron chi connectivity index (χ3n) is 1.95. The highest BCUT2D eigenvalue weighted by molar-refractivity contribution is 5.92. The van der Waals surface area contributed by atoms with E-state index in [2.05, 4.69) is 9.73 Å². The molecule has 0 unspecified atom stereocenters. The van der Waals surface area contributed by atoms with E-state index in [1.54, 1.807) is 26.0 Å². The fraction of sp³-hybridized carbons (Fsp3) is 0.385. The Morgan fingerprint density at radius 1 is 1.44 bits per heavy atom. The molecule has 0 aliphatic carbocycles. The molecule has 1 aromatic carbocycles. The molecule has 1 N–H and O–H groups in total. The highest BCUT2D eigenvalue weighted by atomic mass is 16.5. The highest BCUT2D eigenvalue weighted by Gasteiger charge is 2.12. The van der Waals surface area contributed by atoms with Gasteiger partial charge in [0.05, 0.1) is 12.6 Å². The summed E-state index contributed by atoms with van der Waals surface area (Å²) in [5, 5.41) is 9.29. The zero-order valence-electron chi connectivity index (χ0n) is 10.5. The van der Waals surface area contributed by atoms with E-state index in [1.807, 2.05) is 0 Å². The molecule has 1 heterocycles. The number of benzene rings is 1. The van der Waals surface area contributed by atoms with Crippen LogP contribution in [0.3, 0.4) is 0 Å². The number of aromatic hydroxyl groups is 1. The fourth-order valence-corrected chi connectivity index (χ4v) is 1.19. The minimum absolute atomic E-state index is 0.0480. The molecule has 0 radical (unpaired) electrons. The number of phenolic OH excluding ortho intramolecular Hbond substituents is 1. The van der Waals surface area contributed by atoms with Gasteiger partial charge in [-0.2, -0.15) is 0 Å². The molecule has 0 atom stereocenters. The average molecular weight is 251 g/mol. The second-order valence-electron chi connectivity index (χ2n) is 3.85. The van der Waals surface area contributed by atoms with Crippen molar-refractivity contribution in [3.05, 3.63) is 29.8 Å². The van der Waals surface area contributed by atoms with Crippen LogP contribution in [0.15, 0.2) is 29.3 Å². The predicted molar refractivity (Wildman–Crippen MR) is 68.0 cm³/mol. The number of aliphatic imine (C=N–C) groups is 1. The first-order valence-electron chi connectivity index (χ1n) is 5.70. The first-order chi connectivity index (χ1) is 8.61. The summed E-state index contributed by atoms with van der Waals surface area (Å²) in [4.78, 5) is 15.0. The van der Waals surface area contributed by atoms with Crippen LogP contribution in [0.4, 0.5) is 0 Å². The number of ether oxygens (including phenoxy) is 2. The van der Waals surface area contributed by atoms with E-state index in [0.29, 0.717) is 0 Å². The smallest absolute Gasteiger partial charge is 0.342 e. The van der Waals surface area contributed by atoms with Crippen molar-refractivity contribution < 1.29 is 19.4 Å². The summed E-state index contributed by atoms with van der Waals surface area (Å²) in [6.45, 7) is 5.15. The lowest BCUT2D eigenvalue weighted by Gasteiger charge is -2.08. The van der Waals surface area contributed by atoms with Crippen molar-refractivity contribution in [1.82, 2.24) is 0 Å². The molecule has 2 rings (SSSR count). The van der Waals surface area contributed by atoms with Crippen LogP contribution in [0.1, 0.15) is 24.2 Å². The van der Waals surface area contributed by atoms with E-state index < -0.39 is 5.97 Å². The highest BCUT2D eigenvalue weighted by Crippen LogP contribution is 2.16. The van der Waals surface area contributed by atoms with Gasteiger partial charge in [-0.15, -0.1) is 0 Å². The number of hydrogen-bond acceptors (Lipinski definition) is 5. The lowest BCUT2D eigenvalue weighted by atomic mass is 10.2. The summed E-state index contributed by atoms with van der Waals surface area (Å²) in [6.07, 6.45) is 1.31. The normalized spacial score (nSPS) is 12.6. The molecule has 5 heteroatoms. The molecular weight excluding hydrogens is 234 g/mol. The maximum absolute atomic E-state index is 11.3. The number of nitrogens with zero attached hydrogens (tertiary/aromatic N) is 1. The van der Waals surface area contributed by atoms with Gasteiger partial charge >= 0.3 is 5.97 Å². The molecule has 98 valence electrons. The largest absolute Gasteiger partial charge is 0.507 e. The van der Waals surface area contributed by atoms with Gasteiger partial charge in [0, 0.05) is 0 Å². The number of rotatable bonds is 2. The van der Waals surface area contributed by atoms with Crippen LogP contribution in [-0.4, -0.2) is 36.7 Å². The topological polar surface area (TPSA) is 68.1 Å². The third-order valence-corrected chi connectivity index (χ3v) is 1.95. The van der Waals surface area contributed by atoms with Crippen LogP contribution in [0.25, 0.3) is 0 Å². The molecule has 1 aromatic rings. The number of carbonyl (C=O) groups is 1. The molecule has 0 saturated carbocycles. The summed E-state index contributed by atoms with van der Waals surface area (Å²) in [5.74, 6) is -0.541. The third kappa shape index (κ3) is 4.86. The van der Waals surface area contributed by atoms with E-state index in [1.165, 1.54) is 18.5 Å². The average Bonchev–Trinajstić information content (AvgIpc) is 2.87. The van der Waals surface area contributed by atoms with Crippen molar-refractivity contribution in [1.29, 1.82) is 0 Å². The Hall–Kier alpha value is -2.04. The standard InChI is InChI=1S/C10H12O3.C3H5NO/c1-7(2)13-10(12)8-5-3-4-6-9(8)11;1-2-5-3-4-1/h3-7,11H,1-2H3;3H,1-2H2. The second kappa shape index (κ2) is 7.32. The summed E-state index contributed by atoms with van der Waals surface area (Å²) in [7, 11) is 0. The Balaban J connectivity index is 0.000000269. The Labute approximate surface area is 106 Å². The Morgan fingerprint density at radius 2 is 2.17 bits per heavy atom. The Bertz CT molecular complexity index is 409. The number of esters is 1. The Morgan fingerprint density at radius 3 is 2.61 bits per heavy atom. The van der Waals surface area contributed by atoms with E-state index in [0.717, 1.165) is 13.2 Å². The van der Waals surface area contributed by atoms with Crippen LogP contribution in [-0.2, 0) is 9.47 Å². The van der Waals surface area contributed by atoms with Gasteiger partial charge in [-0.05, 0) is 26.0 Å². The predicted octanol–water partition coefficient (Wildman–Crippen LogP) is 2.00. The zero-order valence-corrected chi connectivity index (χ0v) is 10.5. The lowest BCUT2D eigenvalue weighted by Crippen LogP contribution is -2.11. The molecular formula is C13H17NO4. The van der Waals surface area contributed by atoms with Crippen LogP contribution in [0.5, 0.6) is 5.75 Å². The molecule has 5 nitrogen and oxygen atoms in total. The molecule has 0 saturated heterocycles. The number of carbonyl (C=O) groups excluding carboxylic acids is 1. The van der Waals surface area contributed by atoms with E-state index >= 15 is 0 Å². The molecule has 18 heavy (non-hydrogen) atoms. The molecule has 1 aliphatic rings. The van der Waals surface area contributed by atoms with Gasteiger partial charge in [-0.3, -0.25) is 4.99 Å². The van der Waals surface area contributed by atoms with Gasteiger partial charge in [-0.1, -0.05) is 12.1 Å². The molecule has 0 fully saturated rings.